The Morgan fingerprint density at radius 3 is 2.50 bits per heavy atom. The van der Waals surface area contributed by atoms with Crippen LogP contribution in [0.2, 0.25) is 0 Å². The number of likely N-dealkylation sites (N-methyl/N-ethyl adjacent to an activating group) is 1. The average molecular weight is 306 g/mol. The van der Waals surface area contributed by atoms with Gasteiger partial charge in [0.05, 0.1) is 5.69 Å². The SMILES string of the molecule is CCN(CC(=O)O)C(=O)c1nc(C)n(-c2ccc(F)cc2)n1. The Morgan fingerprint density at radius 2 is 1.95 bits per heavy atom. The highest BCUT2D eigenvalue weighted by molar-refractivity contribution is 5.92. The smallest absolute Gasteiger partial charge is 0.323 e. The molecule has 1 aromatic carbocycles. The number of carbonyl (C=O) groups excluding carboxylic acids is 1. The molecule has 0 aliphatic rings. The van der Waals surface area contributed by atoms with Crippen LogP contribution in [0.1, 0.15) is 23.4 Å². The van der Waals surface area contributed by atoms with E-state index >= 15 is 0 Å². The third kappa shape index (κ3) is 3.27. The van der Waals surface area contributed by atoms with Crippen LogP contribution in [0.15, 0.2) is 24.3 Å². The average Bonchev–Trinajstić information content (AvgIpc) is 2.86. The summed E-state index contributed by atoms with van der Waals surface area (Å²) in [6, 6.07) is 5.58. The molecule has 1 amide bonds. The van der Waals surface area contributed by atoms with Crippen molar-refractivity contribution in [2.45, 2.75) is 13.8 Å². The maximum atomic E-state index is 12.9. The molecule has 2 aromatic rings. The first-order valence-electron chi connectivity index (χ1n) is 6.63. The van der Waals surface area contributed by atoms with Crippen molar-refractivity contribution in [2.75, 3.05) is 13.1 Å². The molecule has 0 saturated heterocycles. The molecule has 0 bridgehead atoms. The van der Waals surface area contributed by atoms with Crippen LogP contribution in [0.4, 0.5) is 4.39 Å². The number of benzene rings is 1. The number of amides is 1. The molecule has 0 radical (unpaired) electrons. The van der Waals surface area contributed by atoms with Gasteiger partial charge in [0.25, 0.3) is 5.91 Å². The predicted octanol–water partition coefficient (Wildman–Crippen LogP) is 1.26. The molecular formula is C14H15FN4O3. The molecule has 0 aliphatic carbocycles. The number of carboxylic acids is 1. The molecule has 0 unspecified atom stereocenters. The minimum atomic E-state index is -1.11. The molecular weight excluding hydrogens is 291 g/mol. The quantitative estimate of drug-likeness (QED) is 0.898. The van der Waals surface area contributed by atoms with Gasteiger partial charge in [-0.3, -0.25) is 9.59 Å². The standard InChI is InChI=1S/C14H15FN4O3/c1-3-18(8-12(20)21)14(22)13-16-9(2)19(17-13)11-6-4-10(15)5-7-11/h4-7H,3,8H2,1-2H3,(H,20,21). The van der Waals surface area contributed by atoms with Crippen LogP contribution in [0.5, 0.6) is 0 Å². The normalized spacial score (nSPS) is 10.5. The molecule has 0 atom stereocenters. The van der Waals surface area contributed by atoms with Crippen LogP contribution in [0.3, 0.4) is 0 Å². The van der Waals surface area contributed by atoms with Crippen LogP contribution < -0.4 is 0 Å². The van der Waals surface area contributed by atoms with E-state index < -0.39 is 18.4 Å². The zero-order valence-corrected chi connectivity index (χ0v) is 12.2. The Kier molecular flexibility index (Phi) is 4.50. The van der Waals surface area contributed by atoms with E-state index in [1.54, 1.807) is 13.8 Å². The molecule has 0 fully saturated rings. The van der Waals surface area contributed by atoms with E-state index in [-0.39, 0.29) is 18.2 Å². The van der Waals surface area contributed by atoms with Gasteiger partial charge in [-0.1, -0.05) is 0 Å². The third-order valence-corrected chi connectivity index (χ3v) is 3.03. The summed E-state index contributed by atoms with van der Waals surface area (Å²) in [5.74, 6) is -1.69. The van der Waals surface area contributed by atoms with Crippen LogP contribution in [-0.4, -0.2) is 49.7 Å². The van der Waals surface area contributed by atoms with Gasteiger partial charge in [0.2, 0.25) is 5.82 Å². The number of rotatable bonds is 5. The van der Waals surface area contributed by atoms with Crippen molar-refractivity contribution in [3.8, 4) is 5.69 Å². The van der Waals surface area contributed by atoms with E-state index in [4.69, 9.17) is 5.11 Å². The topological polar surface area (TPSA) is 88.3 Å². The number of nitrogens with zero attached hydrogens (tertiary/aromatic N) is 4. The van der Waals surface area contributed by atoms with Gasteiger partial charge in [0.1, 0.15) is 18.2 Å². The van der Waals surface area contributed by atoms with Gasteiger partial charge in [0, 0.05) is 6.54 Å². The summed E-state index contributed by atoms with van der Waals surface area (Å²) in [5, 5.41) is 12.9. The highest BCUT2D eigenvalue weighted by Crippen LogP contribution is 2.11. The lowest BCUT2D eigenvalue weighted by atomic mass is 10.3. The second kappa shape index (κ2) is 6.33. The number of carboxylic acid groups (broad SMARTS) is 1. The molecule has 0 saturated carbocycles. The predicted molar refractivity (Wildman–Crippen MR) is 75.3 cm³/mol. The molecule has 8 heteroatoms. The Morgan fingerprint density at radius 1 is 1.32 bits per heavy atom. The number of hydrogen-bond donors (Lipinski definition) is 1. The van der Waals surface area contributed by atoms with Gasteiger partial charge in [-0.15, -0.1) is 5.10 Å². The van der Waals surface area contributed by atoms with E-state index in [2.05, 4.69) is 10.1 Å². The molecule has 1 N–H and O–H groups in total. The molecule has 116 valence electrons. The van der Waals surface area contributed by atoms with Crippen LogP contribution in [-0.2, 0) is 4.79 Å². The molecule has 0 spiro atoms. The Balaban J connectivity index is 2.30. The largest absolute Gasteiger partial charge is 0.480 e. The van der Waals surface area contributed by atoms with Crippen molar-refractivity contribution < 1.29 is 19.1 Å². The van der Waals surface area contributed by atoms with Crippen molar-refractivity contribution in [1.29, 1.82) is 0 Å². The van der Waals surface area contributed by atoms with Crippen molar-refractivity contribution in [3.63, 3.8) is 0 Å². The third-order valence-electron chi connectivity index (χ3n) is 3.03. The molecule has 7 nitrogen and oxygen atoms in total. The first-order valence-corrected chi connectivity index (χ1v) is 6.63. The fraction of sp³-hybridized carbons (Fsp3) is 0.286. The first-order chi connectivity index (χ1) is 10.4. The summed E-state index contributed by atoms with van der Waals surface area (Å²) in [4.78, 5) is 28.2. The molecule has 1 heterocycles. The van der Waals surface area contributed by atoms with Crippen molar-refractivity contribution in [2.24, 2.45) is 0 Å². The Bertz CT molecular complexity index is 697. The summed E-state index contributed by atoms with van der Waals surface area (Å²) in [6.07, 6.45) is 0. The fourth-order valence-corrected chi connectivity index (χ4v) is 1.94. The van der Waals surface area contributed by atoms with E-state index in [0.717, 1.165) is 4.90 Å². The van der Waals surface area contributed by atoms with Crippen molar-refractivity contribution >= 4 is 11.9 Å². The molecule has 2 rings (SSSR count). The minimum Gasteiger partial charge on any atom is -0.480 e. The number of halogens is 1. The number of carbonyl (C=O) groups is 2. The first kappa shape index (κ1) is 15.6. The van der Waals surface area contributed by atoms with E-state index in [9.17, 15) is 14.0 Å². The van der Waals surface area contributed by atoms with Gasteiger partial charge in [-0.25, -0.2) is 14.1 Å². The van der Waals surface area contributed by atoms with E-state index in [1.165, 1.54) is 28.9 Å². The molecule has 22 heavy (non-hydrogen) atoms. The summed E-state index contributed by atoms with van der Waals surface area (Å²) < 4.78 is 14.4. The van der Waals surface area contributed by atoms with Crippen LogP contribution in [0, 0.1) is 12.7 Å². The minimum absolute atomic E-state index is 0.0927. The maximum absolute atomic E-state index is 12.9. The van der Waals surface area contributed by atoms with Gasteiger partial charge in [-0.05, 0) is 38.1 Å². The number of aliphatic carboxylic acids is 1. The van der Waals surface area contributed by atoms with Crippen LogP contribution >= 0.6 is 0 Å². The number of hydrogen-bond acceptors (Lipinski definition) is 4. The fourth-order valence-electron chi connectivity index (χ4n) is 1.94. The number of aromatic nitrogens is 3. The summed E-state index contributed by atoms with van der Waals surface area (Å²) in [7, 11) is 0. The second-order valence-corrected chi connectivity index (χ2v) is 4.58. The zero-order valence-electron chi connectivity index (χ0n) is 12.2. The zero-order chi connectivity index (χ0) is 16.3. The van der Waals surface area contributed by atoms with Gasteiger partial charge in [-0.2, -0.15) is 0 Å². The highest BCUT2D eigenvalue weighted by Gasteiger charge is 2.22. The summed E-state index contributed by atoms with van der Waals surface area (Å²) in [6.45, 7) is 3.14. The van der Waals surface area contributed by atoms with Crippen molar-refractivity contribution in [3.05, 3.63) is 41.7 Å². The molecule has 1 aromatic heterocycles. The number of aryl methyl sites for hydroxylation is 1. The monoisotopic (exact) mass is 306 g/mol. The molecule has 0 aliphatic heterocycles. The van der Waals surface area contributed by atoms with Gasteiger partial charge in [0.15, 0.2) is 0 Å². The van der Waals surface area contributed by atoms with Crippen molar-refractivity contribution in [1.82, 2.24) is 19.7 Å². The second-order valence-electron chi connectivity index (χ2n) is 4.58. The van der Waals surface area contributed by atoms with Crippen LogP contribution in [0.25, 0.3) is 5.69 Å². The van der Waals surface area contributed by atoms with E-state index in [0.29, 0.717) is 11.5 Å². The lowest BCUT2D eigenvalue weighted by Crippen LogP contribution is -2.36. The summed E-state index contributed by atoms with van der Waals surface area (Å²) in [5.41, 5.74) is 0.562. The highest BCUT2D eigenvalue weighted by atomic mass is 19.1. The van der Waals surface area contributed by atoms with E-state index in [1.807, 2.05) is 0 Å². The maximum Gasteiger partial charge on any atom is 0.323 e. The van der Waals surface area contributed by atoms with Gasteiger partial charge >= 0.3 is 5.97 Å². The lowest BCUT2D eigenvalue weighted by Gasteiger charge is -2.16. The summed E-state index contributed by atoms with van der Waals surface area (Å²) >= 11 is 0. The Hall–Kier alpha value is -2.77. The van der Waals surface area contributed by atoms with Gasteiger partial charge < -0.3 is 10.0 Å². The Labute approximate surface area is 126 Å². The lowest BCUT2D eigenvalue weighted by molar-refractivity contribution is -0.137.